The van der Waals surface area contributed by atoms with Crippen molar-refractivity contribution in [1.29, 1.82) is 5.26 Å². The number of hydrogen-bond acceptors (Lipinski definition) is 7. The van der Waals surface area contributed by atoms with Crippen molar-refractivity contribution in [3.05, 3.63) is 105 Å². The Bertz CT molecular complexity index is 1840. The van der Waals surface area contributed by atoms with Crippen LogP contribution in [0.2, 0.25) is 0 Å². The monoisotopic (exact) mass is 636 g/mol. The highest BCUT2D eigenvalue weighted by Gasteiger charge is 2.21. The molecule has 208 valence electrons. The van der Waals surface area contributed by atoms with Crippen LogP contribution in [0.4, 0.5) is 10.2 Å². The van der Waals surface area contributed by atoms with Gasteiger partial charge in [-0.3, -0.25) is 13.7 Å². The summed E-state index contributed by atoms with van der Waals surface area (Å²) in [5, 5.41) is 13.8. The Morgan fingerprint density at radius 3 is 2.61 bits per heavy atom. The molecular weight excluding hydrogens is 615 g/mol. The van der Waals surface area contributed by atoms with Crippen molar-refractivity contribution < 1.29 is 22.6 Å². The molecule has 0 amide bonds. The topological polar surface area (TPSA) is 111 Å². The number of anilines is 1. The molecule has 0 fully saturated rings. The molecule has 2 heterocycles. The summed E-state index contributed by atoms with van der Waals surface area (Å²) in [6.45, 7) is 1.80. The Morgan fingerprint density at radius 2 is 1.93 bits per heavy atom. The Balaban J connectivity index is 1.57. The summed E-state index contributed by atoms with van der Waals surface area (Å²) >= 11 is 3.14. The van der Waals surface area contributed by atoms with Crippen LogP contribution in [0.25, 0.3) is 16.6 Å². The standard InChI is InChI=1S/C29H22BrFN4O5S/c1-18(16-32)40-27-14-23(30)24(31)15-26(27)35-25-9-8-22(13-20(25)5-10-29(35)36)41(37)34(28-11-12-39-33-28)17-19-3-6-21(38-2)7-4-19/h3-15,18H,17H2,1-2H3. The first kappa shape index (κ1) is 28.1. The molecule has 2 atom stereocenters. The fourth-order valence-electron chi connectivity index (χ4n) is 4.17. The van der Waals surface area contributed by atoms with Crippen molar-refractivity contribution >= 4 is 43.6 Å². The molecule has 0 saturated heterocycles. The lowest BCUT2D eigenvalue weighted by atomic mass is 10.2. The van der Waals surface area contributed by atoms with Gasteiger partial charge >= 0.3 is 0 Å². The van der Waals surface area contributed by atoms with Gasteiger partial charge in [0.1, 0.15) is 29.6 Å². The number of rotatable bonds is 9. The molecule has 0 aliphatic heterocycles. The second-order valence-electron chi connectivity index (χ2n) is 8.84. The van der Waals surface area contributed by atoms with Gasteiger partial charge in [0.25, 0.3) is 5.56 Å². The Labute approximate surface area is 245 Å². The highest BCUT2D eigenvalue weighted by Crippen LogP contribution is 2.32. The first-order valence-electron chi connectivity index (χ1n) is 12.2. The molecule has 41 heavy (non-hydrogen) atoms. The molecule has 5 aromatic rings. The van der Waals surface area contributed by atoms with Crippen molar-refractivity contribution in [3.63, 3.8) is 0 Å². The van der Waals surface area contributed by atoms with Crippen LogP contribution in [0.1, 0.15) is 12.5 Å². The molecule has 9 nitrogen and oxygen atoms in total. The van der Waals surface area contributed by atoms with Crippen molar-refractivity contribution in [2.45, 2.75) is 24.5 Å². The molecule has 2 aromatic heterocycles. The normalized spacial score (nSPS) is 12.5. The van der Waals surface area contributed by atoms with Crippen LogP contribution < -0.4 is 19.3 Å². The van der Waals surface area contributed by atoms with E-state index in [1.165, 1.54) is 23.0 Å². The maximum Gasteiger partial charge on any atom is 0.255 e. The average Bonchev–Trinajstić information content (AvgIpc) is 3.52. The minimum Gasteiger partial charge on any atom is -0.497 e. The number of hydrogen-bond donors (Lipinski definition) is 0. The van der Waals surface area contributed by atoms with E-state index in [0.29, 0.717) is 27.4 Å². The van der Waals surface area contributed by atoms with Gasteiger partial charge in [-0.2, -0.15) is 5.26 Å². The van der Waals surface area contributed by atoms with Crippen LogP contribution in [0, 0.1) is 17.1 Å². The van der Waals surface area contributed by atoms with E-state index in [1.807, 2.05) is 30.3 Å². The summed E-state index contributed by atoms with van der Waals surface area (Å²) in [6.07, 6.45) is 0.551. The van der Waals surface area contributed by atoms with Gasteiger partial charge in [-0.25, -0.2) is 8.60 Å². The van der Waals surface area contributed by atoms with E-state index in [2.05, 4.69) is 21.1 Å². The number of nitrogens with zero attached hydrogens (tertiary/aromatic N) is 4. The van der Waals surface area contributed by atoms with Gasteiger partial charge in [-0.1, -0.05) is 17.3 Å². The highest BCUT2D eigenvalue weighted by molar-refractivity contribution is 9.10. The third-order valence-corrected chi connectivity index (χ3v) is 8.14. The second kappa shape index (κ2) is 12.0. The van der Waals surface area contributed by atoms with Crippen LogP contribution in [0.15, 0.2) is 97.7 Å². The van der Waals surface area contributed by atoms with Crippen LogP contribution in [-0.2, 0) is 17.5 Å². The second-order valence-corrected chi connectivity index (χ2v) is 11.1. The smallest absolute Gasteiger partial charge is 0.255 e. The number of nitriles is 1. The number of ether oxygens (including phenoxy) is 2. The summed E-state index contributed by atoms with van der Waals surface area (Å²) < 4.78 is 47.5. The number of aromatic nitrogens is 2. The first-order valence-corrected chi connectivity index (χ1v) is 14.1. The van der Waals surface area contributed by atoms with E-state index in [4.69, 9.17) is 14.0 Å². The van der Waals surface area contributed by atoms with Crippen molar-refractivity contribution in [1.82, 2.24) is 9.72 Å². The van der Waals surface area contributed by atoms with Crippen LogP contribution in [0.3, 0.4) is 0 Å². The van der Waals surface area contributed by atoms with Gasteiger partial charge in [0.05, 0.1) is 34.2 Å². The first-order chi connectivity index (χ1) is 19.8. The zero-order valence-corrected chi connectivity index (χ0v) is 24.2. The number of pyridine rings is 1. The third kappa shape index (κ3) is 5.86. The molecule has 0 aliphatic rings. The summed E-state index contributed by atoms with van der Waals surface area (Å²) in [5.74, 6) is 0.610. The Kier molecular flexibility index (Phi) is 8.19. The minimum atomic E-state index is -1.73. The lowest BCUT2D eigenvalue weighted by molar-refractivity contribution is 0.275. The van der Waals surface area contributed by atoms with Gasteiger partial charge in [0, 0.05) is 23.6 Å². The van der Waals surface area contributed by atoms with Crippen LogP contribution in [0.5, 0.6) is 11.5 Å². The SMILES string of the molecule is COc1ccc(CN(c2ccon2)S(=O)c2ccc3c(ccc(=O)n3-c3cc(F)c(Br)cc3OC(C)C#N)c2)cc1. The number of benzene rings is 3. The molecule has 12 heteroatoms. The van der Waals surface area contributed by atoms with Crippen molar-refractivity contribution in [2.24, 2.45) is 0 Å². The minimum absolute atomic E-state index is 0.122. The van der Waals surface area contributed by atoms with E-state index in [1.54, 1.807) is 48.7 Å². The molecule has 3 aromatic carbocycles. The highest BCUT2D eigenvalue weighted by atomic mass is 79.9. The van der Waals surface area contributed by atoms with Gasteiger partial charge < -0.3 is 14.0 Å². The van der Waals surface area contributed by atoms with E-state index < -0.39 is 28.5 Å². The maximum absolute atomic E-state index is 14.7. The lowest BCUT2D eigenvalue weighted by Crippen LogP contribution is -2.26. The molecule has 0 N–H and O–H groups in total. The van der Waals surface area contributed by atoms with E-state index in [-0.39, 0.29) is 22.5 Å². The Morgan fingerprint density at radius 1 is 1.15 bits per heavy atom. The average molecular weight is 637 g/mol. The lowest BCUT2D eigenvalue weighted by Gasteiger charge is -2.21. The molecule has 2 unspecified atom stereocenters. The zero-order valence-electron chi connectivity index (χ0n) is 21.8. The van der Waals surface area contributed by atoms with E-state index >= 15 is 0 Å². The van der Waals surface area contributed by atoms with Crippen molar-refractivity contribution in [3.8, 4) is 23.3 Å². The fourth-order valence-corrected chi connectivity index (χ4v) is 5.69. The van der Waals surface area contributed by atoms with E-state index in [9.17, 15) is 18.7 Å². The van der Waals surface area contributed by atoms with Gasteiger partial charge in [0.2, 0.25) is 0 Å². The van der Waals surface area contributed by atoms with Gasteiger partial charge in [-0.15, -0.1) is 0 Å². The summed E-state index contributed by atoms with van der Waals surface area (Å²) in [6, 6.07) is 21.4. The predicted octanol–water partition coefficient (Wildman–Crippen LogP) is 5.91. The van der Waals surface area contributed by atoms with Crippen LogP contribution in [-0.4, -0.2) is 27.1 Å². The quantitative estimate of drug-likeness (QED) is 0.198. The maximum atomic E-state index is 14.7. The zero-order chi connectivity index (χ0) is 29.1. The largest absolute Gasteiger partial charge is 0.497 e. The molecular formula is C29H22BrFN4O5S. The molecule has 0 bridgehead atoms. The molecule has 5 rings (SSSR count). The van der Waals surface area contributed by atoms with Crippen LogP contribution >= 0.6 is 15.9 Å². The van der Waals surface area contributed by atoms with Gasteiger partial charge in [0.15, 0.2) is 22.9 Å². The summed E-state index contributed by atoms with van der Waals surface area (Å²) in [5.41, 5.74) is 0.984. The summed E-state index contributed by atoms with van der Waals surface area (Å²) in [4.78, 5) is 13.5. The Hall–Kier alpha value is -4.47. The number of fused-ring (bicyclic) bond motifs is 1. The third-order valence-electron chi connectivity index (χ3n) is 6.16. The number of methoxy groups -OCH3 is 1. The summed E-state index contributed by atoms with van der Waals surface area (Å²) in [7, 11) is -0.143. The molecule has 0 aliphatic carbocycles. The van der Waals surface area contributed by atoms with Crippen molar-refractivity contribution in [2.75, 3.05) is 11.4 Å². The number of halogens is 2. The fraction of sp³-hybridized carbons (Fsp3) is 0.138. The predicted molar refractivity (Wildman–Crippen MR) is 155 cm³/mol. The molecule has 0 radical (unpaired) electrons. The molecule has 0 spiro atoms. The van der Waals surface area contributed by atoms with E-state index in [0.717, 1.165) is 11.6 Å². The molecule has 0 saturated carbocycles. The van der Waals surface area contributed by atoms with Gasteiger partial charge in [-0.05, 0) is 70.9 Å².